The van der Waals surface area contributed by atoms with Gasteiger partial charge in [-0.3, -0.25) is 4.90 Å². The van der Waals surface area contributed by atoms with Gasteiger partial charge < -0.3 is 10.1 Å². The van der Waals surface area contributed by atoms with Crippen LogP contribution in [0, 0.1) is 0 Å². The number of hydrogen-bond acceptors (Lipinski definition) is 3. The molecular formula is C14H28N2O. The number of piperazine rings is 1. The van der Waals surface area contributed by atoms with Gasteiger partial charge in [-0.1, -0.05) is 20.3 Å². The van der Waals surface area contributed by atoms with E-state index in [-0.39, 0.29) is 0 Å². The maximum Gasteiger partial charge on any atom is 0.0702 e. The third-order valence-electron chi connectivity index (χ3n) is 4.18. The second-order valence-corrected chi connectivity index (χ2v) is 5.54. The Balaban J connectivity index is 1.85. The molecule has 2 fully saturated rings. The Kier molecular flexibility index (Phi) is 5.26. The topological polar surface area (TPSA) is 24.5 Å². The summed E-state index contributed by atoms with van der Waals surface area (Å²) in [7, 11) is 0. The number of rotatable bonds is 5. The van der Waals surface area contributed by atoms with Crippen molar-refractivity contribution in [2.75, 3.05) is 26.2 Å². The third kappa shape index (κ3) is 3.67. The third-order valence-corrected chi connectivity index (χ3v) is 4.18. The molecule has 3 nitrogen and oxygen atoms in total. The molecule has 0 radical (unpaired) electrons. The minimum absolute atomic E-state index is 0.504. The average Bonchev–Trinajstić information content (AvgIpc) is 2.83. The molecule has 0 aliphatic carbocycles. The van der Waals surface area contributed by atoms with Crippen molar-refractivity contribution in [1.82, 2.24) is 10.2 Å². The fourth-order valence-electron chi connectivity index (χ4n) is 3.15. The lowest BCUT2D eigenvalue weighted by Gasteiger charge is -2.41. The maximum atomic E-state index is 5.78. The van der Waals surface area contributed by atoms with Crippen molar-refractivity contribution in [3.63, 3.8) is 0 Å². The molecule has 3 atom stereocenters. The van der Waals surface area contributed by atoms with Gasteiger partial charge in [-0.05, 0) is 25.7 Å². The minimum Gasteiger partial charge on any atom is -0.377 e. The van der Waals surface area contributed by atoms with E-state index in [0.717, 1.165) is 19.7 Å². The molecule has 2 aliphatic rings. The van der Waals surface area contributed by atoms with Crippen LogP contribution in [0.1, 0.15) is 46.0 Å². The van der Waals surface area contributed by atoms with Crippen molar-refractivity contribution in [3.8, 4) is 0 Å². The van der Waals surface area contributed by atoms with E-state index >= 15 is 0 Å². The lowest BCUT2D eigenvalue weighted by atomic mass is 10.0. The standard InChI is InChI=1S/C14H28N2O/c1-3-6-12-10-16(13(4-2)9-15-12)11-14-7-5-8-17-14/h12-15H,3-11H2,1-2H3. The Morgan fingerprint density at radius 3 is 2.88 bits per heavy atom. The van der Waals surface area contributed by atoms with E-state index in [9.17, 15) is 0 Å². The fourth-order valence-corrected chi connectivity index (χ4v) is 3.15. The molecule has 0 aromatic rings. The summed E-state index contributed by atoms with van der Waals surface area (Å²) in [5.74, 6) is 0. The van der Waals surface area contributed by atoms with Gasteiger partial charge in [0.2, 0.25) is 0 Å². The maximum absolute atomic E-state index is 5.78. The monoisotopic (exact) mass is 240 g/mol. The van der Waals surface area contributed by atoms with Crippen LogP contribution in [-0.4, -0.2) is 49.3 Å². The fraction of sp³-hybridized carbons (Fsp3) is 1.00. The van der Waals surface area contributed by atoms with E-state index in [1.165, 1.54) is 38.6 Å². The Bertz CT molecular complexity index is 216. The van der Waals surface area contributed by atoms with Crippen molar-refractivity contribution >= 4 is 0 Å². The van der Waals surface area contributed by atoms with Crippen molar-refractivity contribution in [3.05, 3.63) is 0 Å². The van der Waals surface area contributed by atoms with Crippen LogP contribution in [0.4, 0.5) is 0 Å². The summed E-state index contributed by atoms with van der Waals surface area (Å²) < 4.78 is 5.78. The second-order valence-electron chi connectivity index (χ2n) is 5.54. The SMILES string of the molecule is CCCC1CN(CC2CCCO2)C(CC)CN1. The molecule has 0 spiro atoms. The molecule has 0 saturated carbocycles. The highest BCUT2D eigenvalue weighted by molar-refractivity contribution is 4.87. The summed E-state index contributed by atoms with van der Waals surface area (Å²) in [6.07, 6.45) is 6.86. The van der Waals surface area contributed by atoms with Gasteiger partial charge in [-0.2, -0.15) is 0 Å². The van der Waals surface area contributed by atoms with Gasteiger partial charge in [0.05, 0.1) is 6.10 Å². The summed E-state index contributed by atoms with van der Waals surface area (Å²) in [5.41, 5.74) is 0. The smallest absolute Gasteiger partial charge is 0.0702 e. The van der Waals surface area contributed by atoms with E-state index in [1.54, 1.807) is 0 Å². The van der Waals surface area contributed by atoms with Crippen LogP contribution in [0.15, 0.2) is 0 Å². The number of nitrogens with one attached hydrogen (secondary N) is 1. The molecule has 2 heterocycles. The quantitative estimate of drug-likeness (QED) is 0.795. The molecule has 0 aromatic heterocycles. The van der Waals surface area contributed by atoms with Crippen LogP contribution in [-0.2, 0) is 4.74 Å². The minimum atomic E-state index is 0.504. The zero-order valence-corrected chi connectivity index (χ0v) is 11.5. The van der Waals surface area contributed by atoms with Crippen LogP contribution >= 0.6 is 0 Å². The van der Waals surface area contributed by atoms with Crippen molar-refractivity contribution in [2.45, 2.75) is 64.1 Å². The van der Waals surface area contributed by atoms with Gasteiger partial charge in [0.15, 0.2) is 0 Å². The molecule has 2 aliphatic heterocycles. The summed E-state index contributed by atoms with van der Waals surface area (Å²) in [5, 5.41) is 3.69. The summed E-state index contributed by atoms with van der Waals surface area (Å²) >= 11 is 0. The highest BCUT2D eigenvalue weighted by Gasteiger charge is 2.29. The number of nitrogens with zero attached hydrogens (tertiary/aromatic N) is 1. The van der Waals surface area contributed by atoms with Crippen LogP contribution in [0.2, 0.25) is 0 Å². The highest BCUT2D eigenvalue weighted by Crippen LogP contribution is 2.18. The van der Waals surface area contributed by atoms with Crippen LogP contribution in [0.5, 0.6) is 0 Å². The van der Waals surface area contributed by atoms with Crippen LogP contribution < -0.4 is 5.32 Å². The Labute approximate surface area is 106 Å². The van der Waals surface area contributed by atoms with Gasteiger partial charge in [-0.15, -0.1) is 0 Å². The van der Waals surface area contributed by atoms with Crippen LogP contribution in [0.3, 0.4) is 0 Å². The highest BCUT2D eigenvalue weighted by atomic mass is 16.5. The first-order chi connectivity index (χ1) is 8.33. The molecule has 0 amide bonds. The van der Waals surface area contributed by atoms with Gasteiger partial charge in [0.1, 0.15) is 0 Å². The summed E-state index contributed by atoms with van der Waals surface area (Å²) in [6.45, 7) is 9.08. The van der Waals surface area contributed by atoms with E-state index in [1.807, 2.05) is 0 Å². The zero-order chi connectivity index (χ0) is 12.1. The Morgan fingerprint density at radius 2 is 2.24 bits per heavy atom. The predicted molar refractivity (Wildman–Crippen MR) is 71.3 cm³/mol. The zero-order valence-electron chi connectivity index (χ0n) is 11.5. The van der Waals surface area contributed by atoms with Crippen LogP contribution in [0.25, 0.3) is 0 Å². The van der Waals surface area contributed by atoms with E-state index in [0.29, 0.717) is 18.2 Å². The van der Waals surface area contributed by atoms with Crippen molar-refractivity contribution < 1.29 is 4.74 Å². The molecule has 17 heavy (non-hydrogen) atoms. The second kappa shape index (κ2) is 6.72. The summed E-state index contributed by atoms with van der Waals surface area (Å²) in [6, 6.07) is 1.41. The van der Waals surface area contributed by atoms with E-state index < -0.39 is 0 Å². The molecule has 3 unspecified atom stereocenters. The molecule has 0 aromatic carbocycles. The molecule has 100 valence electrons. The number of ether oxygens (including phenoxy) is 1. The first kappa shape index (κ1) is 13.3. The Hall–Kier alpha value is -0.120. The largest absolute Gasteiger partial charge is 0.377 e. The van der Waals surface area contributed by atoms with Gasteiger partial charge in [0.25, 0.3) is 0 Å². The van der Waals surface area contributed by atoms with Gasteiger partial charge >= 0.3 is 0 Å². The molecule has 0 bridgehead atoms. The Morgan fingerprint density at radius 1 is 1.35 bits per heavy atom. The molecule has 1 N–H and O–H groups in total. The van der Waals surface area contributed by atoms with Gasteiger partial charge in [0, 0.05) is 38.3 Å². The van der Waals surface area contributed by atoms with Crippen molar-refractivity contribution in [1.29, 1.82) is 0 Å². The van der Waals surface area contributed by atoms with Gasteiger partial charge in [-0.25, -0.2) is 0 Å². The number of hydrogen-bond donors (Lipinski definition) is 1. The molecular weight excluding hydrogens is 212 g/mol. The average molecular weight is 240 g/mol. The molecule has 3 heteroatoms. The van der Waals surface area contributed by atoms with Crippen molar-refractivity contribution in [2.24, 2.45) is 0 Å². The normalized spacial score (nSPS) is 35.3. The first-order valence-corrected chi connectivity index (χ1v) is 7.42. The van der Waals surface area contributed by atoms with E-state index in [2.05, 4.69) is 24.1 Å². The lowest BCUT2D eigenvalue weighted by molar-refractivity contribution is 0.0374. The first-order valence-electron chi connectivity index (χ1n) is 7.42. The molecule has 2 rings (SSSR count). The molecule has 2 saturated heterocycles. The predicted octanol–water partition coefficient (Wildman–Crippen LogP) is 2.02. The van der Waals surface area contributed by atoms with E-state index in [4.69, 9.17) is 4.74 Å². The lowest BCUT2D eigenvalue weighted by Crippen LogP contribution is -2.57. The summed E-state index contributed by atoms with van der Waals surface area (Å²) in [4.78, 5) is 2.67.